The van der Waals surface area contributed by atoms with Crippen molar-refractivity contribution in [3.63, 3.8) is 0 Å². The molecule has 1 fully saturated rings. The lowest BCUT2D eigenvalue weighted by Gasteiger charge is -2.17. The molecule has 0 saturated heterocycles. The zero-order valence-electron chi connectivity index (χ0n) is 11.6. The molecular weight excluding hydrogens is 256 g/mol. The number of hydrogen-bond acceptors (Lipinski definition) is 1. The zero-order chi connectivity index (χ0) is 14.0. The molecule has 0 radical (unpaired) electrons. The van der Waals surface area contributed by atoms with E-state index in [1.807, 2.05) is 12.1 Å². The van der Waals surface area contributed by atoms with Crippen molar-refractivity contribution in [1.29, 1.82) is 0 Å². The summed E-state index contributed by atoms with van der Waals surface area (Å²) in [4.78, 5) is 8.41. The molecule has 2 heteroatoms. The Morgan fingerprint density at radius 2 is 1.86 bits per heavy atom. The molecule has 0 amide bonds. The average molecular weight is 270 g/mol. The van der Waals surface area contributed by atoms with Gasteiger partial charge >= 0.3 is 0 Å². The molecule has 3 aromatic rings. The zero-order valence-corrected chi connectivity index (χ0v) is 11.6. The summed E-state index contributed by atoms with van der Waals surface area (Å²) in [7, 11) is 0. The molecule has 2 bridgehead atoms. The molecule has 2 aromatic carbocycles. The largest absolute Gasteiger partial charge is 0.255 e. The van der Waals surface area contributed by atoms with Gasteiger partial charge in [-0.2, -0.15) is 0 Å². The summed E-state index contributed by atoms with van der Waals surface area (Å²) in [5.74, 6) is 1.48. The van der Waals surface area contributed by atoms with Crippen LogP contribution in [-0.4, -0.2) is 4.98 Å². The fourth-order valence-corrected chi connectivity index (χ4v) is 4.45. The minimum Gasteiger partial charge on any atom is -0.255 e. The monoisotopic (exact) mass is 270 g/mol. The van der Waals surface area contributed by atoms with Gasteiger partial charge in [-0.05, 0) is 53.0 Å². The molecule has 0 N–H and O–H groups in total. The Bertz CT molecular complexity index is 949. The van der Waals surface area contributed by atoms with Crippen LogP contribution in [0.1, 0.15) is 42.2 Å². The highest BCUT2D eigenvalue weighted by Crippen LogP contribution is 2.55. The van der Waals surface area contributed by atoms with E-state index in [9.17, 15) is 0 Å². The van der Waals surface area contributed by atoms with Crippen molar-refractivity contribution in [3.05, 3.63) is 59.1 Å². The molecule has 0 spiro atoms. The minimum atomic E-state index is 0.721. The van der Waals surface area contributed by atoms with Crippen LogP contribution in [-0.2, 0) is 0 Å². The lowest BCUT2D eigenvalue weighted by Crippen LogP contribution is -2.00. The SMILES string of the molecule is [C-]#[N+]c1cccc2c1ccc1c3c(cnc12)C1CCC3C1. The summed E-state index contributed by atoms with van der Waals surface area (Å²) >= 11 is 0. The summed E-state index contributed by atoms with van der Waals surface area (Å²) in [6.07, 6.45) is 6.08. The average Bonchev–Trinajstić information content (AvgIpc) is 3.15. The van der Waals surface area contributed by atoms with E-state index in [2.05, 4.69) is 29.2 Å². The first-order valence-electron chi connectivity index (χ1n) is 7.58. The summed E-state index contributed by atoms with van der Waals surface area (Å²) < 4.78 is 0. The second kappa shape index (κ2) is 3.83. The Morgan fingerprint density at radius 1 is 1.00 bits per heavy atom. The second-order valence-corrected chi connectivity index (χ2v) is 6.28. The lowest BCUT2D eigenvalue weighted by atomic mass is 9.89. The molecule has 1 aromatic heterocycles. The number of hydrogen-bond donors (Lipinski definition) is 0. The van der Waals surface area contributed by atoms with Crippen molar-refractivity contribution < 1.29 is 0 Å². The Hall–Kier alpha value is -2.40. The van der Waals surface area contributed by atoms with Gasteiger partial charge in [0, 0.05) is 11.6 Å². The van der Waals surface area contributed by atoms with Crippen molar-refractivity contribution in [2.75, 3.05) is 0 Å². The van der Waals surface area contributed by atoms with Crippen LogP contribution >= 0.6 is 0 Å². The van der Waals surface area contributed by atoms with Crippen molar-refractivity contribution in [2.24, 2.45) is 0 Å². The maximum atomic E-state index is 7.33. The highest BCUT2D eigenvalue weighted by Gasteiger charge is 2.38. The van der Waals surface area contributed by atoms with Gasteiger partial charge in [0.1, 0.15) is 0 Å². The van der Waals surface area contributed by atoms with Crippen molar-refractivity contribution >= 4 is 27.4 Å². The van der Waals surface area contributed by atoms with Gasteiger partial charge in [0.2, 0.25) is 0 Å². The van der Waals surface area contributed by atoms with Crippen LogP contribution in [0.5, 0.6) is 0 Å². The van der Waals surface area contributed by atoms with Gasteiger partial charge in [-0.3, -0.25) is 4.98 Å². The van der Waals surface area contributed by atoms with E-state index in [1.54, 1.807) is 5.56 Å². The number of rotatable bonds is 0. The highest BCUT2D eigenvalue weighted by molar-refractivity contribution is 6.10. The maximum absolute atomic E-state index is 7.33. The molecule has 2 aliphatic carbocycles. The lowest BCUT2D eigenvalue weighted by molar-refractivity contribution is 0.719. The summed E-state index contributed by atoms with van der Waals surface area (Å²) in [5.41, 5.74) is 4.83. The number of fused-ring (bicyclic) bond motifs is 9. The summed E-state index contributed by atoms with van der Waals surface area (Å²) in [5, 5.41) is 3.46. The van der Waals surface area contributed by atoms with E-state index in [1.165, 1.54) is 30.2 Å². The Labute approximate surface area is 123 Å². The van der Waals surface area contributed by atoms with Gasteiger partial charge in [0.05, 0.1) is 12.1 Å². The van der Waals surface area contributed by atoms with Crippen molar-refractivity contribution in [2.45, 2.75) is 31.1 Å². The molecule has 2 atom stereocenters. The smallest absolute Gasteiger partial charge is 0.194 e. The van der Waals surface area contributed by atoms with E-state index >= 15 is 0 Å². The fraction of sp³-hybridized carbons (Fsp3) is 0.263. The molecule has 2 nitrogen and oxygen atoms in total. The third-order valence-corrected chi connectivity index (χ3v) is 5.35. The van der Waals surface area contributed by atoms with E-state index in [-0.39, 0.29) is 0 Å². The summed E-state index contributed by atoms with van der Waals surface area (Å²) in [6.45, 7) is 7.33. The van der Waals surface area contributed by atoms with Crippen LogP contribution in [0.25, 0.3) is 26.5 Å². The third-order valence-electron chi connectivity index (χ3n) is 5.35. The second-order valence-electron chi connectivity index (χ2n) is 6.28. The number of aromatic nitrogens is 1. The summed E-state index contributed by atoms with van der Waals surface area (Å²) in [6, 6.07) is 10.3. The predicted octanol–water partition coefficient (Wildman–Crippen LogP) is 5.30. The van der Waals surface area contributed by atoms with Gasteiger partial charge in [0.25, 0.3) is 0 Å². The molecule has 1 saturated carbocycles. The van der Waals surface area contributed by atoms with Gasteiger partial charge in [-0.1, -0.05) is 30.3 Å². The van der Waals surface area contributed by atoms with Gasteiger partial charge in [-0.25, -0.2) is 4.85 Å². The molecular formula is C19H14N2. The number of nitrogens with zero attached hydrogens (tertiary/aromatic N) is 2. The minimum absolute atomic E-state index is 0.721. The van der Waals surface area contributed by atoms with Crippen molar-refractivity contribution in [3.8, 4) is 0 Å². The number of benzene rings is 2. The number of pyridine rings is 1. The predicted molar refractivity (Wildman–Crippen MR) is 84.8 cm³/mol. The Morgan fingerprint density at radius 3 is 2.76 bits per heavy atom. The van der Waals surface area contributed by atoms with Crippen LogP contribution in [0, 0.1) is 6.57 Å². The standard InChI is InChI=1S/C19H14N2/c1-20-17-4-2-3-14-13(17)7-8-15-18-12-6-5-11(9-12)16(18)10-21-19(14)15/h2-4,7-8,10-12H,5-6,9H2. The quantitative estimate of drug-likeness (QED) is 0.400. The molecule has 1 heterocycles. The molecule has 2 unspecified atom stereocenters. The van der Waals surface area contributed by atoms with Gasteiger partial charge in [0.15, 0.2) is 5.69 Å². The first-order valence-corrected chi connectivity index (χ1v) is 7.58. The van der Waals surface area contributed by atoms with Gasteiger partial charge < -0.3 is 0 Å². The normalized spacial score (nSPS) is 22.6. The van der Waals surface area contributed by atoms with Crippen LogP contribution in [0.2, 0.25) is 0 Å². The fourth-order valence-electron chi connectivity index (χ4n) is 4.45. The van der Waals surface area contributed by atoms with Crippen LogP contribution in [0.3, 0.4) is 0 Å². The first kappa shape index (κ1) is 11.3. The first-order chi connectivity index (χ1) is 10.4. The Kier molecular flexibility index (Phi) is 2.06. The van der Waals surface area contributed by atoms with Crippen LogP contribution in [0.15, 0.2) is 36.5 Å². The van der Waals surface area contributed by atoms with Gasteiger partial charge in [-0.15, -0.1) is 0 Å². The van der Waals surface area contributed by atoms with E-state index in [0.29, 0.717) is 0 Å². The third kappa shape index (κ3) is 1.34. The van der Waals surface area contributed by atoms with Crippen LogP contribution in [0.4, 0.5) is 5.69 Å². The molecule has 5 rings (SSSR count). The topological polar surface area (TPSA) is 17.2 Å². The molecule has 0 aliphatic heterocycles. The molecule has 21 heavy (non-hydrogen) atoms. The molecule has 100 valence electrons. The van der Waals surface area contributed by atoms with E-state index < -0.39 is 0 Å². The van der Waals surface area contributed by atoms with E-state index in [0.717, 1.165) is 33.8 Å². The molecule has 2 aliphatic rings. The highest BCUT2D eigenvalue weighted by atomic mass is 14.7. The van der Waals surface area contributed by atoms with Crippen molar-refractivity contribution in [1.82, 2.24) is 4.98 Å². The van der Waals surface area contributed by atoms with E-state index in [4.69, 9.17) is 11.6 Å². The Balaban J connectivity index is 1.94. The van der Waals surface area contributed by atoms with Crippen LogP contribution < -0.4 is 0 Å². The maximum Gasteiger partial charge on any atom is 0.194 e.